The lowest BCUT2D eigenvalue weighted by atomic mass is 9.92. The topological polar surface area (TPSA) is 0 Å². The minimum absolute atomic E-state index is 0.660. The first kappa shape index (κ1) is 10.2. The van der Waals surface area contributed by atoms with E-state index < -0.39 is 0 Å². The first-order valence-corrected chi connectivity index (χ1v) is 6.74. The number of allylic oxidation sites excluding steroid dienone is 4. The molecular formula is C15H16S. The second-order valence-corrected chi connectivity index (χ2v) is 6.19. The van der Waals surface area contributed by atoms with E-state index in [0.29, 0.717) is 5.92 Å². The maximum atomic E-state index is 2.47. The third-order valence-corrected chi connectivity index (χ3v) is 4.85. The van der Waals surface area contributed by atoms with Gasteiger partial charge in [-0.1, -0.05) is 42.0 Å². The van der Waals surface area contributed by atoms with E-state index in [2.05, 4.69) is 62.0 Å². The Balaban J connectivity index is 2.04. The van der Waals surface area contributed by atoms with Crippen LogP contribution in [0.3, 0.4) is 0 Å². The van der Waals surface area contributed by atoms with E-state index in [-0.39, 0.29) is 0 Å². The molecule has 1 aromatic carbocycles. The molecule has 1 aliphatic carbocycles. The molecule has 0 nitrogen and oxygen atoms in total. The number of hydrogen-bond acceptors (Lipinski definition) is 1. The summed E-state index contributed by atoms with van der Waals surface area (Å²) in [5, 5.41) is 0.773. The summed E-state index contributed by atoms with van der Waals surface area (Å²) in [6.07, 6.45) is 3.74. The van der Waals surface area contributed by atoms with Crippen molar-refractivity contribution in [3.63, 3.8) is 0 Å². The van der Waals surface area contributed by atoms with Crippen LogP contribution >= 0.6 is 11.8 Å². The molecule has 1 heteroatoms. The average Bonchev–Trinajstić information content (AvgIpc) is 2.74. The second kappa shape index (κ2) is 3.81. The molecule has 0 saturated heterocycles. The monoisotopic (exact) mass is 228 g/mol. The molecule has 1 aliphatic heterocycles. The Kier molecular flexibility index (Phi) is 2.44. The zero-order valence-corrected chi connectivity index (χ0v) is 10.6. The van der Waals surface area contributed by atoms with Crippen LogP contribution in [-0.4, -0.2) is 5.25 Å². The summed E-state index contributed by atoms with van der Waals surface area (Å²) in [6.45, 7) is 4.53. The molecule has 0 spiro atoms. The van der Waals surface area contributed by atoms with Gasteiger partial charge in [-0.05, 0) is 36.3 Å². The fourth-order valence-corrected chi connectivity index (χ4v) is 4.39. The third kappa shape index (κ3) is 1.54. The maximum Gasteiger partial charge on any atom is 0.0232 e. The summed E-state index contributed by atoms with van der Waals surface area (Å²) in [4.78, 5) is 1.52. The van der Waals surface area contributed by atoms with Gasteiger partial charge in [0.25, 0.3) is 0 Å². The summed E-state index contributed by atoms with van der Waals surface area (Å²) in [5.74, 6) is 0.660. The van der Waals surface area contributed by atoms with Crippen LogP contribution < -0.4 is 0 Å². The zero-order valence-electron chi connectivity index (χ0n) is 9.73. The van der Waals surface area contributed by atoms with Crippen LogP contribution in [0.25, 0.3) is 5.57 Å². The van der Waals surface area contributed by atoms with Gasteiger partial charge in [0.1, 0.15) is 0 Å². The molecule has 0 aromatic heterocycles. The van der Waals surface area contributed by atoms with E-state index in [9.17, 15) is 0 Å². The van der Waals surface area contributed by atoms with Crippen molar-refractivity contribution >= 4 is 17.3 Å². The van der Waals surface area contributed by atoms with Crippen LogP contribution in [0.1, 0.15) is 25.8 Å². The van der Waals surface area contributed by atoms with Gasteiger partial charge in [-0.25, -0.2) is 0 Å². The Hall–Kier alpha value is -0.950. The molecule has 3 rings (SSSR count). The van der Waals surface area contributed by atoms with Gasteiger partial charge < -0.3 is 0 Å². The predicted molar refractivity (Wildman–Crippen MR) is 72.3 cm³/mol. The van der Waals surface area contributed by atoms with Crippen LogP contribution in [0.15, 0.2) is 46.9 Å². The molecule has 0 bridgehead atoms. The molecule has 16 heavy (non-hydrogen) atoms. The lowest BCUT2D eigenvalue weighted by molar-refractivity contribution is 0.817. The minimum Gasteiger partial charge on any atom is -0.126 e. The van der Waals surface area contributed by atoms with Gasteiger partial charge in [0, 0.05) is 11.2 Å². The van der Waals surface area contributed by atoms with Gasteiger partial charge in [0.15, 0.2) is 0 Å². The van der Waals surface area contributed by atoms with Crippen molar-refractivity contribution in [2.75, 3.05) is 0 Å². The predicted octanol–water partition coefficient (Wildman–Crippen LogP) is 4.50. The van der Waals surface area contributed by atoms with Crippen LogP contribution in [0.2, 0.25) is 0 Å². The lowest BCUT2D eigenvalue weighted by Gasteiger charge is -2.12. The van der Waals surface area contributed by atoms with Crippen molar-refractivity contribution in [2.24, 2.45) is 5.92 Å². The molecule has 0 saturated carbocycles. The largest absolute Gasteiger partial charge is 0.126 e. The van der Waals surface area contributed by atoms with E-state index in [1.807, 2.05) is 0 Å². The van der Waals surface area contributed by atoms with Crippen LogP contribution in [-0.2, 0) is 0 Å². The minimum atomic E-state index is 0.660. The van der Waals surface area contributed by atoms with Gasteiger partial charge in [0.05, 0.1) is 0 Å². The first-order valence-electron chi connectivity index (χ1n) is 5.86. The summed E-state index contributed by atoms with van der Waals surface area (Å²) in [7, 11) is 0. The Morgan fingerprint density at radius 1 is 1.12 bits per heavy atom. The fraction of sp³-hybridized carbons (Fsp3) is 0.333. The van der Waals surface area contributed by atoms with E-state index in [4.69, 9.17) is 0 Å². The van der Waals surface area contributed by atoms with Gasteiger partial charge >= 0.3 is 0 Å². The van der Waals surface area contributed by atoms with Crippen molar-refractivity contribution in [3.05, 3.63) is 52.4 Å². The van der Waals surface area contributed by atoms with Crippen molar-refractivity contribution in [3.8, 4) is 0 Å². The highest BCUT2D eigenvalue weighted by Crippen LogP contribution is 2.52. The highest BCUT2D eigenvalue weighted by atomic mass is 32.2. The van der Waals surface area contributed by atoms with Crippen molar-refractivity contribution < 1.29 is 0 Å². The van der Waals surface area contributed by atoms with Crippen molar-refractivity contribution in [2.45, 2.75) is 25.5 Å². The molecule has 0 radical (unpaired) electrons. The van der Waals surface area contributed by atoms with Crippen LogP contribution in [0.4, 0.5) is 0 Å². The van der Waals surface area contributed by atoms with Crippen LogP contribution in [0.5, 0.6) is 0 Å². The molecule has 2 aliphatic rings. The molecule has 1 heterocycles. The summed E-state index contributed by atoms with van der Waals surface area (Å²) in [6, 6.07) is 10.8. The number of thioether (sulfide) groups is 1. The zero-order chi connectivity index (χ0) is 11.1. The molecule has 0 N–H and O–H groups in total. The number of hydrogen-bond donors (Lipinski definition) is 0. The van der Waals surface area contributed by atoms with E-state index >= 15 is 0 Å². The van der Waals surface area contributed by atoms with E-state index in [1.165, 1.54) is 16.9 Å². The molecule has 2 atom stereocenters. The molecule has 2 unspecified atom stereocenters. The Bertz CT molecular complexity index is 467. The highest BCUT2D eigenvalue weighted by molar-refractivity contribution is 8.04. The Morgan fingerprint density at radius 3 is 2.62 bits per heavy atom. The second-order valence-electron chi connectivity index (χ2n) is 4.74. The van der Waals surface area contributed by atoms with E-state index in [1.54, 1.807) is 11.1 Å². The number of rotatable bonds is 1. The quantitative estimate of drug-likeness (QED) is 0.638. The smallest absolute Gasteiger partial charge is 0.0232 e. The number of benzene rings is 1. The summed E-state index contributed by atoms with van der Waals surface area (Å²) >= 11 is 2.07. The normalized spacial score (nSPS) is 28.2. The Morgan fingerprint density at radius 2 is 1.88 bits per heavy atom. The van der Waals surface area contributed by atoms with Gasteiger partial charge in [-0.15, -0.1) is 11.8 Å². The lowest BCUT2D eigenvalue weighted by Crippen LogP contribution is -2.06. The van der Waals surface area contributed by atoms with E-state index in [0.717, 1.165) is 5.25 Å². The molecule has 0 fully saturated rings. The average molecular weight is 228 g/mol. The molecule has 1 aromatic rings. The van der Waals surface area contributed by atoms with Gasteiger partial charge in [-0.3, -0.25) is 0 Å². The fourth-order valence-electron chi connectivity index (χ4n) is 2.85. The SMILES string of the molecule is CC1=CC2C(c3ccccc3)=C(C)SC2C1. The van der Waals surface area contributed by atoms with Crippen molar-refractivity contribution in [1.29, 1.82) is 0 Å². The van der Waals surface area contributed by atoms with Gasteiger partial charge in [-0.2, -0.15) is 0 Å². The maximum absolute atomic E-state index is 2.47. The number of fused-ring (bicyclic) bond motifs is 1. The summed E-state index contributed by atoms with van der Waals surface area (Å²) in [5.41, 5.74) is 4.53. The molecule has 82 valence electrons. The Labute approximate surface area is 101 Å². The van der Waals surface area contributed by atoms with Crippen LogP contribution in [0, 0.1) is 5.92 Å². The standard InChI is InChI=1S/C15H16S/c1-10-8-13-14(9-10)16-11(2)15(13)12-6-4-3-5-7-12/h3-8,13-14H,9H2,1-2H3. The third-order valence-electron chi connectivity index (χ3n) is 3.51. The first-order chi connectivity index (χ1) is 7.75. The van der Waals surface area contributed by atoms with Gasteiger partial charge in [0.2, 0.25) is 0 Å². The van der Waals surface area contributed by atoms with Crippen molar-refractivity contribution in [1.82, 2.24) is 0 Å². The molecule has 0 amide bonds. The molecular weight excluding hydrogens is 212 g/mol. The summed E-state index contributed by atoms with van der Waals surface area (Å²) < 4.78 is 0. The highest BCUT2D eigenvalue weighted by Gasteiger charge is 2.36.